The van der Waals surface area contributed by atoms with Crippen LogP contribution in [0.25, 0.3) is 0 Å². The molecule has 0 amide bonds. The van der Waals surface area contributed by atoms with Crippen molar-refractivity contribution in [2.24, 2.45) is 0 Å². The summed E-state index contributed by atoms with van der Waals surface area (Å²) in [6, 6.07) is 5.91. The molecule has 0 fully saturated rings. The molecule has 0 saturated heterocycles. The second-order valence-electron chi connectivity index (χ2n) is 5.14. The summed E-state index contributed by atoms with van der Waals surface area (Å²) in [4.78, 5) is 22.6. The number of aromatic carboxylic acids is 1. The van der Waals surface area contributed by atoms with Gasteiger partial charge in [0.25, 0.3) is 0 Å². The Balaban J connectivity index is 2.22. The SMILES string of the molecule is CCCCCCCCCOC(=O)c1cccc(C(=O)O)c1. The normalized spacial score (nSPS) is 10.3. The molecule has 0 saturated carbocycles. The van der Waals surface area contributed by atoms with Gasteiger partial charge in [-0.3, -0.25) is 0 Å². The summed E-state index contributed by atoms with van der Waals surface area (Å²) in [5, 5.41) is 8.87. The maximum atomic E-state index is 11.8. The van der Waals surface area contributed by atoms with Gasteiger partial charge in [0, 0.05) is 0 Å². The summed E-state index contributed by atoms with van der Waals surface area (Å²) in [6.07, 6.45) is 8.14. The van der Waals surface area contributed by atoms with Crippen LogP contribution in [0.1, 0.15) is 72.6 Å². The first-order chi connectivity index (χ1) is 10.1. The third-order valence-corrected chi connectivity index (χ3v) is 3.33. The predicted molar refractivity (Wildman–Crippen MR) is 81.7 cm³/mol. The van der Waals surface area contributed by atoms with Gasteiger partial charge in [-0.15, -0.1) is 0 Å². The Labute approximate surface area is 126 Å². The Bertz CT molecular complexity index is 454. The van der Waals surface area contributed by atoms with E-state index in [4.69, 9.17) is 9.84 Å². The second-order valence-corrected chi connectivity index (χ2v) is 5.14. The minimum Gasteiger partial charge on any atom is -0.478 e. The molecular formula is C17H24O4. The van der Waals surface area contributed by atoms with Gasteiger partial charge in [0.05, 0.1) is 17.7 Å². The van der Waals surface area contributed by atoms with E-state index in [1.165, 1.54) is 44.2 Å². The fourth-order valence-electron chi connectivity index (χ4n) is 2.09. The molecule has 0 aromatic heterocycles. The third kappa shape index (κ3) is 6.93. The van der Waals surface area contributed by atoms with Crippen LogP contribution in [0.5, 0.6) is 0 Å². The van der Waals surface area contributed by atoms with Gasteiger partial charge < -0.3 is 9.84 Å². The molecule has 0 aliphatic carbocycles. The number of carboxylic acids is 1. The minimum absolute atomic E-state index is 0.0976. The molecule has 0 heterocycles. The van der Waals surface area contributed by atoms with Crippen molar-refractivity contribution >= 4 is 11.9 Å². The first kappa shape index (κ1) is 17.2. The fourth-order valence-corrected chi connectivity index (χ4v) is 2.09. The number of benzene rings is 1. The average Bonchev–Trinajstić information content (AvgIpc) is 2.49. The summed E-state index contributed by atoms with van der Waals surface area (Å²) in [5.74, 6) is -1.50. The molecule has 0 unspecified atom stereocenters. The van der Waals surface area contributed by atoms with E-state index in [0.717, 1.165) is 12.8 Å². The van der Waals surface area contributed by atoms with E-state index in [-0.39, 0.29) is 11.1 Å². The molecule has 1 aromatic rings. The summed E-state index contributed by atoms with van der Waals surface area (Å²) >= 11 is 0. The van der Waals surface area contributed by atoms with Gasteiger partial charge in [-0.2, -0.15) is 0 Å². The second kappa shape index (κ2) is 9.97. The largest absolute Gasteiger partial charge is 0.478 e. The topological polar surface area (TPSA) is 63.6 Å². The first-order valence-electron chi connectivity index (χ1n) is 7.65. The standard InChI is InChI=1S/C17H24O4/c1-2-3-4-5-6-7-8-12-21-17(20)15-11-9-10-14(13-15)16(18)19/h9-11,13H,2-8,12H2,1H3,(H,18,19). The van der Waals surface area contributed by atoms with Crippen LogP contribution in [-0.2, 0) is 4.74 Å². The van der Waals surface area contributed by atoms with E-state index in [1.807, 2.05) is 0 Å². The highest BCUT2D eigenvalue weighted by molar-refractivity contribution is 5.94. The Kier molecular flexibility index (Phi) is 8.17. The van der Waals surface area contributed by atoms with E-state index >= 15 is 0 Å². The molecule has 4 nitrogen and oxygen atoms in total. The molecule has 21 heavy (non-hydrogen) atoms. The molecule has 0 bridgehead atoms. The smallest absolute Gasteiger partial charge is 0.338 e. The number of unbranched alkanes of at least 4 members (excludes halogenated alkanes) is 6. The summed E-state index contributed by atoms with van der Waals surface area (Å²) in [7, 11) is 0. The van der Waals surface area contributed by atoms with E-state index in [2.05, 4.69) is 6.92 Å². The lowest BCUT2D eigenvalue weighted by atomic mass is 10.1. The third-order valence-electron chi connectivity index (χ3n) is 3.33. The Morgan fingerprint density at radius 1 is 1.00 bits per heavy atom. The lowest BCUT2D eigenvalue weighted by molar-refractivity contribution is 0.0497. The van der Waals surface area contributed by atoms with Crippen molar-refractivity contribution in [1.29, 1.82) is 0 Å². The predicted octanol–water partition coefficient (Wildman–Crippen LogP) is 4.29. The highest BCUT2D eigenvalue weighted by atomic mass is 16.5. The highest BCUT2D eigenvalue weighted by Gasteiger charge is 2.10. The fraction of sp³-hybridized carbons (Fsp3) is 0.529. The number of esters is 1. The van der Waals surface area contributed by atoms with Gasteiger partial charge in [0.15, 0.2) is 0 Å². The van der Waals surface area contributed by atoms with Gasteiger partial charge in [-0.05, 0) is 24.6 Å². The molecule has 0 atom stereocenters. The maximum Gasteiger partial charge on any atom is 0.338 e. The maximum absolute atomic E-state index is 11.8. The Morgan fingerprint density at radius 3 is 2.29 bits per heavy atom. The van der Waals surface area contributed by atoms with Crippen molar-refractivity contribution in [3.05, 3.63) is 35.4 Å². The lowest BCUT2D eigenvalue weighted by Gasteiger charge is -2.05. The van der Waals surface area contributed by atoms with Gasteiger partial charge in [-0.1, -0.05) is 51.5 Å². The molecular weight excluding hydrogens is 268 g/mol. The summed E-state index contributed by atoms with van der Waals surface area (Å²) in [5.41, 5.74) is 0.387. The zero-order chi connectivity index (χ0) is 15.5. The molecule has 116 valence electrons. The van der Waals surface area contributed by atoms with Crippen LogP contribution >= 0.6 is 0 Å². The Morgan fingerprint density at radius 2 is 1.62 bits per heavy atom. The van der Waals surface area contributed by atoms with Gasteiger partial charge in [-0.25, -0.2) is 9.59 Å². The minimum atomic E-state index is -1.04. The molecule has 4 heteroatoms. The van der Waals surface area contributed by atoms with Gasteiger partial charge in [0.2, 0.25) is 0 Å². The van der Waals surface area contributed by atoms with Gasteiger partial charge >= 0.3 is 11.9 Å². The van der Waals surface area contributed by atoms with Crippen LogP contribution in [0.4, 0.5) is 0 Å². The monoisotopic (exact) mass is 292 g/mol. The van der Waals surface area contributed by atoms with E-state index in [0.29, 0.717) is 6.61 Å². The summed E-state index contributed by atoms with van der Waals surface area (Å²) < 4.78 is 5.16. The van der Waals surface area contributed by atoms with Crippen LogP contribution in [0, 0.1) is 0 Å². The van der Waals surface area contributed by atoms with Gasteiger partial charge in [0.1, 0.15) is 0 Å². The number of carbonyl (C=O) groups is 2. The number of hydrogen-bond donors (Lipinski definition) is 1. The zero-order valence-corrected chi connectivity index (χ0v) is 12.6. The summed E-state index contributed by atoms with van der Waals surface area (Å²) in [6.45, 7) is 2.59. The number of carboxylic acid groups (broad SMARTS) is 1. The van der Waals surface area contributed by atoms with Crippen molar-refractivity contribution < 1.29 is 19.4 Å². The highest BCUT2D eigenvalue weighted by Crippen LogP contribution is 2.09. The van der Waals surface area contributed by atoms with E-state index < -0.39 is 11.9 Å². The Hall–Kier alpha value is -1.84. The molecule has 0 aliphatic rings. The molecule has 1 rings (SSSR count). The van der Waals surface area contributed by atoms with Crippen molar-refractivity contribution in [3.63, 3.8) is 0 Å². The van der Waals surface area contributed by atoms with Crippen LogP contribution < -0.4 is 0 Å². The van der Waals surface area contributed by atoms with Crippen molar-refractivity contribution in [1.82, 2.24) is 0 Å². The first-order valence-corrected chi connectivity index (χ1v) is 7.65. The van der Waals surface area contributed by atoms with Crippen molar-refractivity contribution in [3.8, 4) is 0 Å². The molecule has 0 spiro atoms. The van der Waals surface area contributed by atoms with Crippen LogP contribution in [0.3, 0.4) is 0 Å². The van der Waals surface area contributed by atoms with E-state index in [9.17, 15) is 9.59 Å². The zero-order valence-electron chi connectivity index (χ0n) is 12.6. The molecule has 1 N–H and O–H groups in total. The number of rotatable bonds is 10. The average molecular weight is 292 g/mol. The molecule has 0 radical (unpaired) electrons. The van der Waals surface area contributed by atoms with Crippen molar-refractivity contribution in [2.75, 3.05) is 6.61 Å². The molecule has 0 aliphatic heterocycles. The van der Waals surface area contributed by atoms with Crippen LogP contribution in [-0.4, -0.2) is 23.7 Å². The lowest BCUT2D eigenvalue weighted by Crippen LogP contribution is -2.08. The van der Waals surface area contributed by atoms with Crippen molar-refractivity contribution in [2.45, 2.75) is 51.9 Å². The number of ether oxygens (including phenoxy) is 1. The van der Waals surface area contributed by atoms with Crippen LogP contribution in [0.15, 0.2) is 24.3 Å². The number of carbonyl (C=O) groups excluding carboxylic acids is 1. The molecule has 1 aromatic carbocycles. The number of hydrogen-bond acceptors (Lipinski definition) is 3. The quantitative estimate of drug-likeness (QED) is 0.516. The van der Waals surface area contributed by atoms with E-state index in [1.54, 1.807) is 12.1 Å². The van der Waals surface area contributed by atoms with Crippen LogP contribution in [0.2, 0.25) is 0 Å².